The van der Waals surface area contributed by atoms with Crippen molar-refractivity contribution in [3.8, 4) is 0 Å². The molecular formula is C32H27N3O3S. The molecule has 5 aromatic rings. The highest BCUT2D eigenvalue weighted by atomic mass is 32.1. The van der Waals surface area contributed by atoms with Crippen LogP contribution in [0.4, 0.5) is 0 Å². The van der Waals surface area contributed by atoms with E-state index in [4.69, 9.17) is 9.73 Å². The van der Waals surface area contributed by atoms with Gasteiger partial charge in [0.15, 0.2) is 4.80 Å². The lowest BCUT2D eigenvalue weighted by Gasteiger charge is -2.25. The molecule has 3 aromatic carbocycles. The smallest absolute Gasteiger partial charge is 0.338 e. The molecule has 0 fully saturated rings. The fraction of sp³-hybridized carbons (Fsp3) is 0.156. The maximum atomic E-state index is 14.1. The van der Waals surface area contributed by atoms with Crippen molar-refractivity contribution < 1.29 is 9.53 Å². The van der Waals surface area contributed by atoms with Crippen LogP contribution in [-0.4, -0.2) is 21.7 Å². The molecule has 0 amide bonds. The largest absolute Gasteiger partial charge is 0.463 e. The van der Waals surface area contributed by atoms with Crippen molar-refractivity contribution in [3.63, 3.8) is 0 Å². The highest BCUT2D eigenvalue weighted by Crippen LogP contribution is 2.34. The maximum absolute atomic E-state index is 14.1. The molecule has 6 nitrogen and oxygen atoms in total. The zero-order valence-corrected chi connectivity index (χ0v) is 22.6. The lowest BCUT2D eigenvalue weighted by molar-refractivity contribution is -0.139. The number of aromatic nitrogens is 2. The summed E-state index contributed by atoms with van der Waals surface area (Å²) in [6.45, 7) is 8.36. The molecule has 6 rings (SSSR count). The van der Waals surface area contributed by atoms with Crippen LogP contribution in [0.1, 0.15) is 31.0 Å². The van der Waals surface area contributed by atoms with Crippen LogP contribution in [0.2, 0.25) is 0 Å². The summed E-state index contributed by atoms with van der Waals surface area (Å²) in [5.74, 6) is -0.460. The number of hydrogen-bond acceptors (Lipinski definition) is 5. The Labute approximate surface area is 229 Å². The van der Waals surface area contributed by atoms with Crippen LogP contribution in [0.3, 0.4) is 0 Å². The molecule has 0 unspecified atom stereocenters. The first-order valence-electron chi connectivity index (χ1n) is 12.9. The molecular weight excluding hydrogens is 506 g/mol. The van der Waals surface area contributed by atoms with Gasteiger partial charge < -0.3 is 9.30 Å². The van der Waals surface area contributed by atoms with Gasteiger partial charge in [0.05, 0.1) is 28.5 Å². The molecule has 0 spiro atoms. The highest BCUT2D eigenvalue weighted by molar-refractivity contribution is 7.07. The second kappa shape index (κ2) is 10.0. The third kappa shape index (κ3) is 4.15. The van der Waals surface area contributed by atoms with Gasteiger partial charge in [-0.05, 0) is 42.3 Å². The first-order chi connectivity index (χ1) is 19.0. The molecule has 0 bridgehead atoms. The normalized spacial score (nSPS) is 15.4. The van der Waals surface area contributed by atoms with E-state index in [2.05, 4.69) is 23.3 Å². The lowest BCUT2D eigenvalue weighted by atomic mass is 9.91. The van der Waals surface area contributed by atoms with Crippen LogP contribution in [0.15, 0.2) is 107 Å². The molecule has 1 aliphatic rings. The van der Waals surface area contributed by atoms with Crippen molar-refractivity contribution in [1.29, 1.82) is 0 Å². The van der Waals surface area contributed by atoms with Crippen LogP contribution in [0, 0.1) is 0 Å². The van der Waals surface area contributed by atoms with Gasteiger partial charge in [-0.3, -0.25) is 9.36 Å². The summed E-state index contributed by atoms with van der Waals surface area (Å²) in [5.41, 5.74) is 3.63. The maximum Gasteiger partial charge on any atom is 0.338 e. The summed E-state index contributed by atoms with van der Waals surface area (Å²) in [6.07, 6.45) is 5.82. The Morgan fingerprint density at radius 2 is 1.82 bits per heavy atom. The number of para-hydroxylation sites is 1. The molecule has 0 radical (unpaired) electrons. The molecule has 1 atom stereocenters. The minimum Gasteiger partial charge on any atom is -0.463 e. The van der Waals surface area contributed by atoms with E-state index in [9.17, 15) is 9.59 Å². The van der Waals surface area contributed by atoms with E-state index in [0.717, 1.165) is 32.8 Å². The van der Waals surface area contributed by atoms with Crippen molar-refractivity contribution in [2.45, 2.75) is 26.4 Å². The van der Waals surface area contributed by atoms with E-state index in [1.54, 1.807) is 11.5 Å². The van der Waals surface area contributed by atoms with Gasteiger partial charge in [0, 0.05) is 29.2 Å². The summed E-state index contributed by atoms with van der Waals surface area (Å²) in [7, 11) is 0. The number of fused-ring (bicyclic) bond motifs is 3. The first kappa shape index (κ1) is 24.8. The average Bonchev–Trinajstić information content (AvgIpc) is 3.44. The molecule has 0 saturated heterocycles. The van der Waals surface area contributed by atoms with Crippen LogP contribution in [0.25, 0.3) is 27.8 Å². The first-order valence-corrected chi connectivity index (χ1v) is 13.7. The summed E-state index contributed by atoms with van der Waals surface area (Å²) >= 11 is 1.34. The summed E-state index contributed by atoms with van der Waals surface area (Å²) in [6, 6.07) is 21.4. The number of hydrogen-bond donors (Lipinski definition) is 0. The lowest BCUT2D eigenvalue weighted by Crippen LogP contribution is -2.40. The molecule has 0 aliphatic carbocycles. The predicted octanol–water partition coefficient (Wildman–Crippen LogP) is 5.09. The molecule has 7 heteroatoms. The fourth-order valence-electron chi connectivity index (χ4n) is 5.40. The topological polar surface area (TPSA) is 65.6 Å². The summed E-state index contributed by atoms with van der Waals surface area (Å²) < 4.78 is 9.78. The van der Waals surface area contributed by atoms with E-state index in [1.165, 1.54) is 11.3 Å². The summed E-state index contributed by atoms with van der Waals surface area (Å²) in [5, 5.41) is 3.06. The monoisotopic (exact) mass is 533 g/mol. The number of nitrogens with zero attached hydrogens (tertiary/aromatic N) is 3. The van der Waals surface area contributed by atoms with Gasteiger partial charge in [-0.1, -0.05) is 78.1 Å². The minimum absolute atomic E-state index is 0.188. The molecule has 0 N–H and O–H groups in total. The minimum atomic E-state index is -0.657. The fourth-order valence-corrected chi connectivity index (χ4v) is 6.43. The van der Waals surface area contributed by atoms with Crippen molar-refractivity contribution in [2.24, 2.45) is 4.99 Å². The van der Waals surface area contributed by atoms with Crippen LogP contribution < -0.4 is 14.9 Å². The van der Waals surface area contributed by atoms with Crippen molar-refractivity contribution in [3.05, 3.63) is 128 Å². The van der Waals surface area contributed by atoms with E-state index in [1.807, 2.05) is 79.9 Å². The number of carbonyl (C=O) groups excluding carboxylic acids is 1. The molecule has 1 aliphatic heterocycles. The van der Waals surface area contributed by atoms with Crippen LogP contribution in [0.5, 0.6) is 0 Å². The van der Waals surface area contributed by atoms with Crippen molar-refractivity contribution in [2.75, 3.05) is 6.61 Å². The zero-order chi connectivity index (χ0) is 27.1. The number of ether oxygens (including phenoxy) is 1. The number of allylic oxidation sites excluding steroid dienone is 2. The van der Waals surface area contributed by atoms with Gasteiger partial charge in [0.2, 0.25) is 0 Å². The van der Waals surface area contributed by atoms with Crippen LogP contribution >= 0.6 is 11.3 Å². The van der Waals surface area contributed by atoms with Crippen molar-refractivity contribution in [1.82, 2.24) is 9.13 Å². The van der Waals surface area contributed by atoms with E-state index >= 15 is 0 Å². The second-order valence-corrected chi connectivity index (χ2v) is 10.4. The molecule has 194 valence electrons. The molecule has 0 saturated carbocycles. The Hall–Kier alpha value is -4.49. The zero-order valence-electron chi connectivity index (χ0n) is 21.8. The van der Waals surface area contributed by atoms with Gasteiger partial charge in [0.25, 0.3) is 5.56 Å². The Bertz CT molecular complexity index is 1990. The van der Waals surface area contributed by atoms with Gasteiger partial charge in [0.1, 0.15) is 0 Å². The molecule has 2 aromatic heterocycles. The van der Waals surface area contributed by atoms with Crippen molar-refractivity contribution >= 4 is 45.1 Å². The van der Waals surface area contributed by atoms with Gasteiger partial charge in [-0.25, -0.2) is 9.79 Å². The number of carbonyl (C=O) groups is 1. The Morgan fingerprint density at radius 1 is 1.08 bits per heavy atom. The van der Waals surface area contributed by atoms with Crippen LogP contribution in [-0.2, 0) is 16.1 Å². The van der Waals surface area contributed by atoms with Gasteiger partial charge >= 0.3 is 5.97 Å². The Balaban J connectivity index is 1.62. The van der Waals surface area contributed by atoms with Gasteiger partial charge in [-0.2, -0.15) is 0 Å². The SMILES string of the molecule is C=CCn1cc(/C=c2/sc3n(c2=O)[C@@H](c2cccc4ccccc24)C(C(=O)OCC)=C(C)N=3)c2ccccc21. The third-order valence-electron chi connectivity index (χ3n) is 7.07. The van der Waals surface area contributed by atoms with E-state index < -0.39 is 12.0 Å². The number of esters is 1. The Kier molecular flexibility index (Phi) is 6.37. The van der Waals surface area contributed by atoms with E-state index in [-0.39, 0.29) is 12.2 Å². The van der Waals surface area contributed by atoms with Gasteiger partial charge in [-0.15, -0.1) is 6.58 Å². The van der Waals surface area contributed by atoms with E-state index in [0.29, 0.717) is 27.1 Å². The Morgan fingerprint density at radius 3 is 2.62 bits per heavy atom. The second-order valence-electron chi connectivity index (χ2n) is 9.41. The summed E-state index contributed by atoms with van der Waals surface area (Å²) in [4.78, 5) is 32.7. The predicted molar refractivity (Wildman–Crippen MR) is 156 cm³/mol. The number of thiazole rings is 1. The average molecular weight is 534 g/mol. The third-order valence-corrected chi connectivity index (χ3v) is 8.05. The molecule has 39 heavy (non-hydrogen) atoms. The molecule has 3 heterocycles. The standard InChI is InChI=1S/C32H27N3O3S/c1-4-17-34-19-22(24-14-8-9-16-26(24)34)18-27-30(36)35-29(25-15-10-12-21-11-6-7-13-23(21)25)28(31(37)38-5-2)20(3)33-32(35)39-27/h4,6-16,18-19,29H,1,5,17H2,2-3H3/b27-18+/t29-/m0/s1. The number of rotatable bonds is 6. The number of benzene rings is 3. The quantitative estimate of drug-likeness (QED) is 0.226. The highest BCUT2D eigenvalue weighted by Gasteiger charge is 2.34.